The lowest BCUT2D eigenvalue weighted by Gasteiger charge is -2.29. The summed E-state index contributed by atoms with van der Waals surface area (Å²) in [7, 11) is 0. The topological polar surface area (TPSA) is 99.5 Å². The predicted molar refractivity (Wildman–Crippen MR) is 187 cm³/mol. The number of ether oxygens (including phenoxy) is 3. The number of benzene rings is 3. The van der Waals surface area contributed by atoms with E-state index in [9.17, 15) is 9.18 Å². The number of aromatic nitrogens is 3. The molecule has 47 heavy (non-hydrogen) atoms. The molecule has 0 fully saturated rings. The number of anilines is 2. The zero-order valence-corrected chi connectivity index (χ0v) is 29.7. The fraction of sp³-hybridized carbons (Fsp3) is 0.324. The van der Waals surface area contributed by atoms with Gasteiger partial charge in [-0.05, 0) is 85.1 Å². The van der Waals surface area contributed by atoms with Gasteiger partial charge in [0.2, 0.25) is 11.1 Å². The van der Waals surface area contributed by atoms with Crippen molar-refractivity contribution >= 4 is 56.8 Å². The molecule has 0 spiro atoms. The number of nitrogens with one attached hydrogen (secondary N) is 2. The number of rotatable bonds is 14. The van der Waals surface area contributed by atoms with Crippen molar-refractivity contribution in [2.45, 2.75) is 58.3 Å². The minimum absolute atomic E-state index is 0.117. The molecule has 1 aliphatic heterocycles. The molecule has 4 aromatic rings. The Morgan fingerprint density at radius 1 is 1.09 bits per heavy atom. The van der Waals surface area contributed by atoms with Gasteiger partial charge in [0.1, 0.15) is 24.2 Å². The minimum Gasteiger partial charge on any atom is -0.492 e. The highest BCUT2D eigenvalue weighted by molar-refractivity contribution is 9.10. The standard InChI is InChI=1S/C34H36BrClFN5O4S/c1-5-8-16-47-34-40-33-38-20(4)29(32(43)39-26-14-9-10-15-27(26)44-6-2)30(42(33)41-34)21-17-23(35)31(28(18-21)45-7-3)46-19-22-24(36)12-11-13-25(22)37/h9-15,17-18,30H,5-8,16,19H2,1-4H3,(H,39,43)(H,38,40,41). The van der Waals surface area contributed by atoms with Crippen molar-refractivity contribution in [1.29, 1.82) is 0 Å². The van der Waals surface area contributed by atoms with Crippen LogP contribution < -0.4 is 24.8 Å². The number of carbonyl (C=O) groups is 1. The van der Waals surface area contributed by atoms with E-state index < -0.39 is 11.9 Å². The molecule has 0 bridgehead atoms. The monoisotopic (exact) mass is 743 g/mol. The molecule has 1 aliphatic rings. The smallest absolute Gasteiger partial charge is 0.255 e. The van der Waals surface area contributed by atoms with Crippen LogP contribution in [-0.2, 0) is 11.4 Å². The number of halogens is 3. The van der Waals surface area contributed by atoms with Crippen LogP contribution in [0.1, 0.15) is 57.7 Å². The number of amides is 1. The summed E-state index contributed by atoms with van der Waals surface area (Å²) < 4.78 is 34.7. The van der Waals surface area contributed by atoms with Gasteiger partial charge in [0, 0.05) is 17.0 Å². The number of para-hydroxylation sites is 2. The van der Waals surface area contributed by atoms with E-state index in [0.29, 0.717) is 68.6 Å². The van der Waals surface area contributed by atoms with Crippen molar-refractivity contribution in [1.82, 2.24) is 14.8 Å². The van der Waals surface area contributed by atoms with Gasteiger partial charge >= 0.3 is 0 Å². The van der Waals surface area contributed by atoms with Crippen LogP contribution >= 0.6 is 39.3 Å². The second-order valence-corrected chi connectivity index (χ2v) is 12.9. The third-order valence-corrected chi connectivity index (χ3v) is 9.18. The van der Waals surface area contributed by atoms with Crippen LogP contribution in [0.15, 0.2) is 75.5 Å². The van der Waals surface area contributed by atoms with Crippen molar-refractivity contribution in [2.75, 3.05) is 29.6 Å². The van der Waals surface area contributed by atoms with Crippen LogP contribution in [0.2, 0.25) is 5.02 Å². The number of fused-ring (bicyclic) bond motifs is 1. The zero-order chi connectivity index (χ0) is 33.5. The molecule has 9 nitrogen and oxygen atoms in total. The maximum absolute atomic E-state index is 14.5. The van der Waals surface area contributed by atoms with E-state index >= 15 is 0 Å². The number of carbonyl (C=O) groups excluding carboxylic acids is 1. The molecular formula is C34H36BrClFN5O4S. The lowest BCUT2D eigenvalue weighted by Crippen LogP contribution is -2.31. The number of hydrogen-bond acceptors (Lipinski definition) is 8. The number of unbranched alkanes of at least 4 members (excludes halogenated alkanes) is 1. The molecule has 5 rings (SSSR count). The molecule has 0 radical (unpaired) electrons. The molecule has 1 unspecified atom stereocenters. The summed E-state index contributed by atoms with van der Waals surface area (Å²) in [6, 6.07) is 14.8. The van der Waals surface area contributed by atoms with Crippen LogP contribution in [-0.4, -0.2) is 39.6 Å². The summed E-state index contributed by atoms with van der Waals surface area (Å²) in [6.45, 7) is 8.39. The maximum Gasteiger partial charge on any atom is 0.255 e. The first kappa shape index (κ1) is 34.6. The highest BCUT2D eigenvalue weighted by Crippen LogP contribution is 2.44. The molecule has 1 atom stereocenters. The summed E-state index contributed by atoms with van der Waals surface area (Å²) >= 11 is 11.5. The summed E-state index contributed by atoms with van der Waals surface area (Å²) in [5.41, 5.74) is 2.52. The van der Waals surface area contributed by atoms with E-state index in [-0.39, 0.29) is 23.1 Å². The average molecular weight is 745 g/mol. The van der Waals surface area contributed by atoms with Gasteiger partial charge in [-0.15, -0.1) is 5.10 Å². The highest BCUT2D eigenvalue weighted by Gasteiger charge is 2.36. The van der Waals surface area contributed by atoms with Gasteiger partial charge in [-0.2, -0.15) is 4.98 Å². The SMILES string of the molecule is CCCCSc1nc2n(n1)C(c1cc(Br)c(OCc3c(F)cccc3Cl)c(OCC)c1)C(C(=O)Nc1ccccc1OCC)=C(C)N2. The van der Waals surface area contributed by atoms with Crippen molar-refractivity contribution in [3.63, 3.8) is 0 Å². The van der Waals surface area contributed by atoms with Gasteiger partial charge in [-0.1, -0.05) is 54.9 Å². The van der Waals surface area contributed by atoms with Gasteiger partial charge in [0.05, 0.1) is 34.0 Å². The first-order valence-electron chi connectivity index (χ1n) is 15.4. The van der Waals surface area contributed by atoms with E-state index in [2.05, 4.69) is 33.5 Å². The minimum atomic E-state index is -0.691. The Bertz CT molecular complexity index is 1770. The average Bonchev–Trinajstić information content (AvgIpc) is 3.44. The predicted octanol–water partition coefficient (Wildman–Crippen LogP) is 9.03. The Kier molecular flexibility index (Phi) is 11.7. The highest BCUT2D eigenvalue weighted by atomic mass is 79.9. The second-order valence-electron chi connectivity index (χ2n) is 10.6. The van der Waals surface area contributed by atoms with Crippen molar-refractivity contribution in [2.24, 2.45) is 0 Å². The van der Waals surface area contributed by atoms with Crippen molar-refractivity contribution in [3.05, 3.63) is 92.3 Å². The number of allylic oxidation sites excluding steroid dienone is 1. The summed E-state index contributed by atoms with van der Waals surface area (Å²) in [4.78, 5) is 18.9. The molecule has 3 aromatic carbocycles. The summed E-state index contributed by atoms with van der Waals surface area (Å²) in [5, 5.41) is 12.1. The van der Waals surface area contributed by atoms with Gasteiger partial charge < -0.3 is 24.8 Å². The molecule has 1 amide bonds. The second kappa shape index (κ2) is 15.9. The molecule has 13 heteroatoms. The van der Waals surface area contributed by atoms with E-state index in [0.717, 1.165) is 18.6 Å². The van der Waals surface area contributed by atoms with E-state index in [1.807, 2.05) is 51.1 Å². The van der Waals surface area contributed by atoms with Crippen LogP contribution in [0.3, 0.4) is 0 Å². The first-order chi connectivity index (χ1) is 22.7. The quantitative estimate of drug-likeness (QED) is 0.0976. The van der Waals surface area contributed by atoms with Crippen molar-refractivity contribution < 1.29 is 23.4 Å². The van der Waals surface area contributed by atoms with Crippen molar-refractivity contribution in [3.8, 4) is 17.2 Å². The number of thioether (sulfide) groups is 1. The molecule has 0 saturated heterocycles. The lowest BCUT2D eigenvalue weighted by atomic mass is 9.94. The molecule has 248 valence electrons. The van der Waals surface area contributed by atoms with Gasteiger partial charge in [-0.3, -0.25) is 4.79 Å². The number of hydrogen-bond donors (Lipinski definition) is 2. The first-order valence-corrected chi connectivity index (χ1v) is 17.5. The Morgan fingerprint density at radius 3 is 2.60 bits per heavy atom. The van der Waals surface area contributed by atoms with Gasteiger partial charge in [-0.25, -0.2) is 9.07 Å². The van der Waals surface area contributed by atoms with Crippen LogP contribution in [0, 0.1) is 5.82 Å². The molecular weight excluding hydrogens is 709 g/mol. The maximum atomic E-state index is 14.5. The Labute approximate surface area is 291 Å². The third-order valence-electron chi connectivity index (χ3n) is 7.31. The Balaban J connectivity index is 1.57. The lowest BCUT2D eigenvalue weighted by molar-refractivity contribution is -0.113. The normalized spacial score (nSPS) is 14.0. The Hall–Kier alpha value is -3.74. The van der Waals surface area contributed by atoms with Crippen LogP contribution in [0.5, 0.6) is 17.2 Å². The molecule has 2 N–H and O–H groups in total. The molecule has 0 aliphatic carbocycles. The van der Waals surface area contributed by atoms with Gasteiger partial charge in [0.15, 0.2) is 11.5 Å². The molecule has 2 heterocycles. The Morgan fingerprint density at radius 2 is 1.85 bits per heavy atom. The van der Waals surface area contributed by atoms with Crippen LogP contribution in [0.4, 0.5) is 16.0 Å². The molecule has 0 saturated carbocycles. The van der Waals surface area contributed by atoms with E-state index in [1.165, 1.54) is 6.07 Å². The summed E-state index contributed by atoms with van der Waals surface area (Å²) in [5.74, 6) is 1.93. The fourth-order valence-electron chi connectivity index (χ4n) is 5.11. The van der Waals surface area contributed by atoms with E-state index in [4.69, 9.17) is 35.9 Å². The van der Waals surface area contributed by atoms with Gasteiger partial charge in [0.25, 0.3) is 5.91 Å². The number of nitrogens with zero attached hydrogens (tertiary/aromatic N) is 3. The molecule has 1 aromatic heterocycles. The zero-order valence-electron chi connectivity index (χ0n) is 26.5. The fourth-order valence-corrected chi connectivity index (χ4v) is 6.81. The third kappa shape index (κ3) is 7.88. The van der Waals surface area contributed by atoms with E-state index in [1.54, 1.807) is 34.6 Å². The summed E-state index contributed by atoms with van der Waals surface area (Å²) in [6.07, 6.45) is 2.08. The van der Waals surface area contributed by atoms with Crippen LogP contribution in [0.25, 0.3) is 0 Å². The largest absolute Gasteiger partial charge is 0.492 e.